The number of primary amides is 1. The van der Waals surface area contributed by atoms with Crippen LogP contribution in [0.1, 0.15) is 55.6 Å². The summed E-state index contributed by atoms with van der Waals surface area (Å²) in [6, 6.07) is 19.9. The van der Waals surface area contributed by atoms with E-state index >= 15 is 0 Å². The summed E-state index contributed by atoms with van der Waals surface area (Å²) in [5.74, 6) is -2.24. The molecule has 1 saturated heterocycles. The van der Waals surface area contributed by atoms with Gasteiger partial charge < -0.3 is 41.3 Å². The molecule has 2 aromatic heterocycles. The minimum atomic E-state index is -1.09. The molecule has 1 fully saturated rings. The van der Waals surface area contributed by atoms with E-state index in [-0.39, 0.29) is 25.7 Å². The molecular formula is C40H43N7O6. The van der Waals surface area contributed by atoms with E-state index < -0.39 is 65.5 Å². The lowest BCUT2D eigenvalue weighted by molar-refractivity contribution is -0.142. The zero-order valence-electron chi connectivity index (χ0n) is 29.8. The molecular weight excluding hydrogens is 674 g/mol. The number of hydrogen-bond acceptors (Lipinski definition) is 6. The van der Waals surface area contributed by atoms with E-state index in [1.807, 2.05) is 78.9 Å². The number of hydrogen-bond donors (Lipinski definition) is 6. The largest absolute Gasteiger partial charge is 0.444 e. The fraction of sp³-hybridized carbons (Fsp3) is 0.325. The summed E-state index contributed by atoms with van der Waals surface area (Å²) in [5.41, 5.74) is 9.98. The molecule has 2 aliphatic rings. The maximum Gasteiger partial charge on any atom is 0.408 e. The molecule has 5 atom stereocenters. The second-order valence-corrected chi connectivity index (χ2v) is 14.8. The average Bonchev–Trinajstić information content (AvgIpc) is 3.80. The Labute approximate surface area is 306 Å². The summed E-state index contributed by atoms with van der Waals surface area (Å²) < 4.78 is 5.49. The zero-order valence-corrected chi connectivity index (χ0v) is 29.8. The third-order valence-corrected chi connectivity index (χ3v) is 9.93. The Bertz CT molecular complexity index is 2200. The number of ether oxygens (including phenoxy) is 1. The summed E-state index contributed by atoms with van der Waals surface area (Å²) in [6.07, 6.45) is 1.69. The van der Waals surface area contributed by atoms with Gasteiger partial charge in [0.25, 0.3) is 0 Å². The van der Waals surface area contributed by atoms with Crippen molar-refractivity contribution in [2.24, 2.45) is 5.73 Å². The first-order valence-corrected chi connectivity index (χ1v) is 17.8. The first-order valence-electron chi connectivity index (χ1n) is 17.8. The standard InChI is InChI=1S/C40H43N7O6/c1-40(2,3)53-39(52)46-30(18-23-21-42-27-15-9-7-13-24(23)27)36(49)45-31-20-32-34-26(25-14-8-10-16-28(25)43-34)19-33(47(32)38(31)51)37(50)44-29(35(41)48)17-22-11-5-4-6-12-22/h4-16,21,29-33,42-43H,17-20H2,1-3H3,(H2,41,48)(H,44,50)(H,45,49)(H,46,52)/t29-,30-,31-,32+,33-/m1/s1. The number of para-hydroxylation sites is 2. The van der Waals surface area contributed by atoms with Gasteiger partial charge in [-0.2, -0.15) is 0 Å². The molecule has 0 radical (unpaired) electrons. The van der Waals surface area contributed by atoms with Crippen LogP contribution in [0.5, 0.6) is 0 Å². The molecule has 53 heavy (non-hydrogen) atoms. The number of carbonyl (C=O) groups is 5. The van der Waals surface area contributed by atoms with Gasteiger partial charge in [0.05, 0.1) is 6.04 Å². The summed E-state index contributed by atoms with van der Waals surface area (Å²) in [7, 11) is 0. The predicted molar refractivity (Wildman–Crippen MR) is 198 cm³/mol. The van der Waals surface area contributed by atoms with Crippen LogP contribution in [-0.4, -0.2) is 74.4 Å². The first kappa shape index (κ1) is 35.3. The van der Waals surface area contributed by atoms with Crippen LogP contribution in [-0.2, 0) is 43.2 Å². The highest BCUT2D eigenvalue weighted by molar-refractivity contribution is 5.98. The Hall–Kier alpha value is -6.11. The van der Waals surface area contributed by atoms with E-state index in [0.29, 0.717) is 0 Å². The maximum absolute atomic E-state index is 14.4. The summed E-state index contributed by atoms with van der Waals surface area (Å²) >= 11 is 0. The molecule has 0 saturated carbocycles. The van der Waals surface area contributed by atoms with Gasteiger partial charge in [-0.15, -0.1) is 0 Å². The summed E-state index contributed by atoms with van der Waals surface area (Å²) in [4.78, 5) is 76.3. The number of alkyl carbamates (subject to hydrolysis) is 1. The average molecular weight is 718 g/mol. The number of amides is 5. The molecule has 0 aliphatic carbocycles. The fourth-order valence-electron chi connectivity index (χ4n) is 7.55. The number of rotatable bonds is 10. The molecule has 3 aromatic carbocycles. The van der Waals surface area contributed by atoms with E-state index in [9.17, 15) is 24.0 Å². The number of nitrogens with zero attached hydrogens (tertiary/aromatic N) is 1. The Morgan fingerprint density at radius 3 is 2.28 bits per heavy atom. The van der Waals surface area contributed by atoms with E-state index in [4.69, 9.17) is 10.5 Å². The number of benzene rings is 3. The van der Waals surface area contributed by atoms with Gasteiger partial charge in [0.1, 0.15) is 29.8 Å². The quantitative estimate of drug-likeness (QED) is 0.128. The van der Waals surface area contributed by atoms with Gasteiger partial charge in [-0.05, 0) is 49.6 Å². The van der Waals surface area contributed by atoms with Gasteiger partial charge in [-0.1, -0.05) is 66.7 Å². The van der Waals surface area contributed by atoms with Gasteiger partial charge in [0, 0.05) is 59.4 Å². The molecule has 2 aliphatic heterocycles. The van der Waals surface area contributed by atoms with Crippen LogP contribution in [0.2, 0.25) is 0 Å². The van der Waals surface area contributed by atoms with Crippen molar-refractivity contribution in [3.63, 3.8) is 0 Å². The van der Waals surface area contributed by atoms with Crippen molar-refractivity contribution in [2.45, 2.75) is 82.3 Å². The highest BCUT2D eigenvalue weighted by atomic mass is 16.6. The molecule has 5 amide bonds. The van der Waals surface area contributed by atoms with Crippen molar-refractivity contribution < 1.29 is 28.7 Å². The van der Waals surface area contributed by atoms with Gasteiger partial charge in [-0.3, -0.25) is 19.2 Å². The molecule has 13 heteroatoms. The second-order valence-electron chi connectivity index (χ2n) is 14.8. The van der Waals surface area contributed by atoms with Crippen LogP contribution in [0, 0.1) is 0 Å². The zero-order chi connectivity index (χ0) is 37.4. The van der Waals surface area contributed by atoms with Gasteiger partial charge in [0.2, 0.25) is 23.6 Å². The molecule has 4 heterocycles. The van der Waals surface area contributed by atoms with Crippen molar-refractivity contribution in [3.05, 3.63) is 107 Å². The lowest BCUT2D eigenvalue weighted by Crippen LogP contribution is -2.58. The SMILES string of the molecule is CC(C)(C)OC(=O)N[C@H](Cc1c[nH]c2ccccc12)C(=O)N[C@@H]1C[C@H]2c3[nH]c4ccccc4c3C[C@H](C(=O)N[C@H](Cc3ccccc3)C(N)=O)N2C1=O. The lowest BCUT2D eigenvalue weighted by atomic mass is 9.91. The Morgan fingerprint density at radius 1 is 0.887 bits per heavy atom. The molecule has 7 rings (SSSR count). The molecule has 5 aromatic rings. The van der Waals surface area contributed by atoms with Crippen molar-refractivity contribution in [3.8, 4) is 0 Å². The number of carbonyl (C=O) groups excluding carboxylic acids is 5. The van der Waals surface area contributed by atoms with Gasteiger partial charge in [-0.25, -0.2) is 4.79 Å². The van der Waals surface area contributed by atoms with E-state index in [1.54, 1.807) is 27.0 Å². The monoisotopic (exact) mass is 717 g/mol. The third-order valence-electron chi connectivity index (χ3n) is 9.93. The van der Waals surface area contributed by atoms with Crippen molar-refractivity contribution in [1.82, 2.24) is 30.8 Å². The molecule has 13 nitrogen and oxygen atoms in total. The lowest BCUT2D eigenvalue weighted by Gasteiger charge is -2.37. The predicted octanol–water partition coefficient (Wildman–Crippen LogP) is 3.68. The minimum Gasteiger partial charge on any atom is -0.444 e. The Balaban J connectivity index is 1.17. The Kier molecular flexibility index (Phi) is 9.41. The third kappa shape index (κ3) is 7.32. The number of nitrogens with two attached hydrogens (primary N) is 1. The van der Waals surface area contributed by atoms with Crippen molar-refractivity contribution in [1.29, 1.82) is 0 Å². The van der Waals surface area contributed by atoms with Crippen LogP contribution in [0.15, 0.2) is 85.1 Å². The number of H-pyrrole nitrogens is 2. The Morgan fingerprint density at radius 2 is 1.57 bits per heavy atom. The number of aromatic amines is 2. The minimum absolute atomic E-state index is 0.121. The van der Waals surface area contributed by atoms with E-state index in [0.717, 1.165) is 44.2 Å². The normalized spacial score (nSPS) is 19.3. The molecule has 7 N–H and O–H groups in total. The smallest absolute Gasteiger partial charge is 0.408 e. The van der Waals surface area contributed by atoms with Gasteiger partial charge >= 0.3 is 6.09 Å². The highest BCUT2D eigenvalue weighted by Crippen LogP contribution is 2.43. The molecule has 274 valence electrons. The summed E-state index contributed by atoms with van der Waals surface area (Å²) in [6.45, 7) is 5.19. The highest BCUT2D eigenvalue weighted by Gasteiger charge is 2.51. The summed E-state index contributed by atoms with van der Waals surface area (Å²) in [5, 5.41) is 10.3. The molecule has 0 unspecified atom stereocenters. The second kappa shape index (κ2) is 14.1. The number of aromatic nitrogens is 2. The topological polar surface area (TPSA) is 192 Å². The molecule has 0 bridgehead atoms. The van der Waals surface area contributed by atoms with Crippen molar-refractivity contribution >= 4 is 51.5 Å². The van der Waals surface area contributed by atoms with Crippen LogP contribution in [0.3, 0.4) is 0 Å². The fourth-order valence-corrected chi connectivity index (χ4v) is 7.55. The number of fused-ring (bicyclic) bond motifs is 6. The van der Waals surface area contributed by atoms with Crippen LogP contribution in [0.25, 0.3) is 21.8 Å². The number of nitrogens with one attached hydrogen (secondary N) is 5. The van der Waals surface area contributed by atoms with E-state index in [1.165, 1.54) is 4.90 Å². The van der Waals surface area contributed by atoms with E-state index in [2.05, 4.69) is 25.9 Å². The van der Waals surface area contributed by atoms with Crippen LogP contribution in [0.4, 0.5) is 4.79 Å². The van der Waals surface area contributed by atoms with Crippen LogP contribution >= 0.6 is 0 Å². The maximum atomic E-state index is 14.4. The van der Waals surface area contributed by atoms with Gasteiger partial charge in [0.15, 0.2) is 0 Å². The van der Waals surface area contributed by atoms with Crippen molar-refractivity contribution in [2.75, 3.05) is 0 Å². The first-order chi connectivity index (χ1) is 25.4. The molecule has 0 spiro atoms. The van der Waals surface area contributed by atoms with Crippen LogP contribution < -0.4 is 21.7 Å².